The lowest BCUT2D eigenvalue weighted by molar-refractivity contribution is -0.137. The van der Waals surface area contributed by atoms with Gasteiger partial charge in [0.2, 0.25) is 0 Å². The van der Waals surface area contributed by atoms with Crippen LogP contribution in [0.15, 0.2) is 36.9 Å². The van der Waals surface area contributed by atoms with Crippen LogP contribution in [0.2, 0.25) is 0 Å². The normalized spacial score (nSPS) is 10.2. The molecule has 1 aromatic carbocycles. The molecule has 0 unspecified atom stereocenters. The van der Waals surface area contributed by atoms with E-state index in [0.29, 0.717) is 0 Å². The van der Waals surface area contributed by atoms with Crippen LogP contribution in [0.3, 0.4) is 0 Å². The SMILES string of the molecule is C=CCN(CC(=O)O)C(=O)c1ccc(OC(F)F)cc1. The van der Waals surface area contributed by atoms with Crippen molar-refractivity contribution in [3.8, 4) is 5.75 Å². The summed E-state index contributed by atoms with van der Waals surface area (Å²) in [6.07, 6.45) is 1.40. The van der Waals surface area contributed by atoms with E-state index < -0.39 is 25.0 Å². The minimum absolute atomic E-state index is 0.0699. The molecule has 5 nitrogen and oxygen atoms in total. The van der Waals surface area contributed by atoms with Gasteiger partial charge in [-0.1, -0.05) is 6.08 Å². The number of alkyl halides is 2. The van der Waals surface area contributed by atoms with Gasteiger partial charge in [-0.2, -0.15) is 8.78 Å². The second-order valence-corrected chi connectivity index (χ2v) is 3.77. The molecule has 1 N–H and O–H groups in total. The molecule has 0 heterocycles. The van der Waals surface area contributed by atoms with E-state index >= 15 is 0 Å². The molecule has 0 saturated carbocycles. The Hall–Kier alpha value is -2.44. The Labute approximate surface area is 114 Å². The maximum absolute atomic E-state index is 12.0. The first kappa shape index (κ1) is 15.6. The van der Waals surface area contributed by atoms with Crippen molar-refractivity contribution >= 4 is 11.9 Å². The summed E-state index contributed by atoms with van der Waals surface area (Å²) in [6.45, 7) is 0.0946. The van der Waals surface area contributed by atoms with Crippen molar-refractivity contribution in [1.29, 1.82) is 0 Å². The number of carbonyl (C=O) groups is 2. The van der Waals surface area contributed by atoms with E-state index in [1.165, 1.54) is 30.3 Å². The van der Waals surface area contributed by atoms with Crippen molar-refractivity contribution < 1.29 is 28.2 Å². The highest BCUT2D eigenvalue weighted by atomic mass is 19.3. The number of carbonyl (C=O) groups excluding carboxylic acids is 1. The fourth-order valence-corrected chi connectivity index (χ4v) is 1.50. The van der Waals surface area contributed by atoms with Gasteiger partial charge in [0.05, 0.1) is 0 Å². The van der Waals surface area contributed by atoms with Crippen LogP contribution < -0.4 is 4.74 Å². The molecule has 0 radical (unpaired) electrons. The number of amides is 1. The Bertz CT molecular complexity index is 488. The highest BCUT2D eigenvalue weighted by Gasteiger charge is 2.17. The van der Waals surface area contributed by atoms with Gasteiger partial charge in [0, 0.05) is 12.1 Å². The van der Waals surface area contributed by atoms with Crippen molar-refractivity contribution in [1.82, 2.24) is 4.90 Å². The van der Waals surface area contributed by atoms with Crippen molar-refractivity contribution in [2.24, 2.45) is 0 Å². The molecule has 20 heavy (non-hydrogen) atoms. The van der Waals surface area contributed by atoms with Crippen molar-refractivity contribution in [3.63, 3.8) is 0 Å². The smallest absolute Gasteiger partial charge is 0.387 e. The number of nitrogens with zero attached hydrogens (tertiary/aromatic N) is 1. The third-order valence-corrected chi connectivity index (χ3v) is 2.29. The molecule has 0 bridgehead atoms. The van der Waals surface area contributed by atoms with E-state index in [2.05, 4.69) is 11.3 Å². The van der Waals surface area contributed by atoms with E-state index in [9.17, 15) is 18.4 Å². The Kier molecular flexibility index (Phi) is 5.64. The molecule has 0 atom stereocenters. The maximum atomic E-state index is 12.0. The number of halogens is 2. The van der Waals surface area contributed by atoms with Crippen molar-refractivity contribution in [2.75, 3.05) is 13.1 Å². The number of hydrogen-bond donors (Lipinski definition) is 1. The van der Waals surface area contributed by atoms with Crippen LogP contribution in [-0.4, -0.2) is 41.6 Å². The van der Waals surface area contributed by atoms with Crippen molar-refractivity contribution in [2.45, 2.75) is 6.61 Å². The van der Waals surface area contributed by atoms with E-state index in [1.807, 2.05) is 0 Å². The zero-order valence-corrected chi connectivity index (χ0v) is 10.5. The first-order valence-corrected chi connectivity index (χ1v) is 5.61. The van der Waals surface area contributed by atoms with Gasteiger partial charge in [0.15, 0.2) is 0 Å². The molecule has 0 spiro atoms. The quantitative estimate of drug-likeness (QED) is 0.778. The Morgan fingerprint density at radius 2 is 1.95 bits per heavy atom. The molecule has 108 valence electrons. The molecule has 1 aromatic rings. The topological polar surface area (TPSA) is 66.8 Å². The third kappa shape index (κ3) is 4.68. The second kappa shape index (κ2) is 7.22. The van der Waals surface area contributed by atoms with Gasteiger partial charge in [-0.3, -0.25) is 9.59 Å². The van der Waals surface area contributed by atoms with E-state index in [0.717, 1.165) is 4.90 Å². The molecule has 1 amide bonds. The van der Waals surface area contributed by atoms with Gasteiger partial charge >= 0.3 is 12.6 Å². The predicted molar refractivity (Wildman–Crippen MR) is 66.8 cm³/mol. The molecule has 0 aromatic heterocycles. The Balaban J connectivity index is 2.83. The number of carboxylic acid groups (broad SMARTS) is 1. The van der Waals surface area contributed by atoms with Crippen LogP contribution in [0.25, 0.3) is 0 Å². The average molecular weight is 285 g/mol. The van der Waals surface area contributed by atoms with E-state index in [4.69, 9.17) is 5.11 Å². The first-order chi connectivity index (χ1) is 9.43. The van der Waals surface area contributed by atoms with Crippen LogP contribution in [0.4, 0.5) is 8.78 Å². The fourth-order valence-electron chi connectivity index (χ4n) is 1.50. The molecule has 0 aliphatic heterocycles. The van der Waals surface area contributed by atoms with Gasteiger partial charge in [0.1, 0.15) is 12.3 Å². The largest absolute Gasteiger partial charge is 0.480 e. The average Bonchev–Trinajstić information content (AvgIpc) is 2.37. The lowest BCUT2D eigenvalue weighted by Crippen LogP contribution is -2.35. The maximum Gasteiger partial charge on any atom is 0.387 e. The van der Waals surface area contributed by atoms with Gasteiger partial charge < -0.3 is 14.7 Å². The second-order valence-electron chi connectivity index (χ2n) is 3.77. The first-order valence-electron chi connectivity index (χ1n) is 5.61. The fraction of sp³-hybridized carbons (Fsp3) is 0.231. The predicted octanol–water partition coefficient (Wildman–Crippen LogP) is 2.00. The summed E-state index contributed by atoms with van der Waals surface area (Å²) in [5, 5.41) is 8.72. The van der Waals surface area contributed by atoms with Crippen LogP contribution in [0, 0.1) is 0 Å². The standard InChI is InChI=1S/C13H13F2NO4/c1-2-7-16(8-11(17)18)12(19)9-3-5-10(6-4-9)20-13(14)15/h2-6,13H,1,7-8H2,(H,17,18). The zero-order chi connectivity index (χ0) is 15.1. The molecule has 0 aliphatic rings. The zero-order valence-electron chi connectivity index (χ0n) is 10.5. The van der Waals surface area contributed by atoms with Gasteiger partial charge in [-0.05, 0) is 24.3 Å². The van der Waals surface area contributed by atoms with Crippen molar-refractivity contribution in [3.05, 3.63) is 42.5 Å². The summed E-state index contributed by atoms with van der Waals surface area (Å²) < 4.78 is 28.1. The molecule has 0 saturated heterocycles. The summed E-state index contributed by atoms with van der Waals surface area (Å²) in [5.74, 6) is -1.76. The Morgan fingerprint density at radius 3 is 2.40 bits per heavy atom. The summed E-state index contributed by atoms with van der Waals surface area (Å²) in [7, 11) is 0. The highest BCUT2D eigenvalue weighted by Crippen LogP contribution is 2.16. The number of carboxylic acids is 1. The lowest BCUT2D eigenvalue weighted by Gasteiger charge is -2.18. The third-order valence-electron chi connectivity index (χ3n) is 2.29. The van der Waals surface area contributed by atoms with Gasteiger partial charge in [-0.25, -0.2) is 0 Å². The number of benzene rings is 1. The van der Waals surface area contributed by atoms with Gasteiger partial charge in [0.25, 0.3) is 5.91 Å². The number of ether oxygens (including phenoxy) is 1. The van der Waals surface area contributed by atoms with Crippen LogP contribution in [0.1, 0.15) is 10.4 Å². The summed E-state index contributed by atoms with van der Waals surface area (Å²) >= 11 is 0. The number of aliphatic carboxylic acids is 1. The molecule has 1 rings (SSSR count). The van der Waals surface area contributed by atoms with E-state index in [1.54, 1.807) is 0 Å². The molecular formula is C13H13F2NO4. The minimum Gasteiger partial charge on any atom is -0.480 e. The summed E-state index contributed by atoms with van der Waals surface area (Å²) in [5.41, 5.74) is 0.176. The molecule has 7 heteroatoms. The Morgan fingerprint density at radius 1 is 1.35 bits per heavy atom. The number of hydrogen-bond acceptors (Lipinski definition) is 3. The summed E-state index contributed by atoms with van der Waals surface area (Å²) in [4.78, 5) is 23.8. The van der Waals surface area contributed by atoms with Gasteiger partial charge in [-0.15, -0.1) is 6.58 Å². The number of rotatable bonds is 7. The minimum atomic E-state index is -2.94. The van der Waals surface area contributed by atoms with E-state index in [-0.39, 0.29) is 17.9 Å². The lowest BCUT2D eigenvalue weighted by atomic mass is 10.2. The summed E-state index contributed by atoms with van der Waals surface area (Å²) in [6, 6.07) is 5.01. The monoisotopic (exact) mass is 285 g/mol. The molecule has 0 aliphatic carbocycles. The van der Waals surface area contributed by atoms with Crippen LogP contribution in [0.5, 0.6) is 5.75 Å². The molecule has 0 fully saturated rings. The van der Waals surface area contributed by atoms with Crippen LogP contribution >= 0.6 is 0 Å². The molecular weight excluding hydrogens is 272 g/mol. The highest BCUT2D eigenvalue weighted by molar-refractivity contribution is 5.96. The van der Waals surface area contributed by atoms with Crippen LogP contribution in [-0.2, 0) is 4.79 Å².